The van der Waals surface area contributed by atoms with Gasteiger partial charge in [0.15, 0.2) is 5.96 Å². The van der Waals surface area contributed by atoms with Gasteiger partial charge in [0, 0.05) is 63.1 Å². The maximum Gasteiger partial charge on any atom is 0.193 e. The van der Waals surface area contributed by atoms with Crippen LogP contribution in [0.1, 0.15) is 12.0 Å². The lowest BCUT2D eigenvalue weighted by Crippen LogP contribution is -2.52. The number of piperazine rings is 1. The molecule has 0 bridgehead atoms. The monoisotopic (exact) mass is 504 g/mol. The molecule has 1 saturated heterocycles. The van der Waals surface area contributed by atoms with Gasteiger partial charge in [-0.15, -0.1) is 24.0 Å². The van der Waals surface area contributed by atoms with E-state index in [-0.39, 0.29) is 24.0 Å². The Balaban J connectivity index is 0.00000240. The Hall–Kier alpha value is -2.29. The van der Waals surface area contributed by atoms with E-state index in [1.54, 1.807) is 0 Å². The first kappa shape index (κ1) is 21.4. The van der Waals surface area contributed by atoms with Gasteiger partial charge in [-0.3, -0.25) is 4.99 Å². The number of nitrogens with one attached hydrogen (secondary N) is 2. The number of pyridine rings is 1. The largest absolute Gasteiger partial charge is 0.361 e. The fourth-order valence-electron chi connectivity index (χ4n) is 3.84. The second kappa shape index (κ2) is 10.5. The predicted molar refractivity (Wildman–Crippen MR) is 131 cm³/mol. The molecule has 4 rings (SSSR count). The molecule has 1 fully saturated rings. The number of nitrogens with zero attached hydrogens (tertiary/aromatic N) is 4. The number of para-hydroxylation sites is 1. The molecule has 2 N–H and O–H groups in total. The third-order valence-corrected chi connectivity index (χ3v) is 5.35. The number of hydrogen-bond acceptors (Lipinski definition) is 3. The van der Waals surface area contributed by atoms with Gasteiger partial charge in [-0.05, 0) is 36.6 Å². The molecule has 0 radical (unpaired) electrons. The quantitative estimate of drug-likeness (QED) is 0.242. The molecule has 154 valence electrons. The lowest BCUT2D eigenvalue weighted by molar-refractivity contribution is 0.371. The van der Waals surface area contributed by atoms with Crippen molar-refractivity contribution in [2.24, 2.45) is 4.99 Å². The van der Waals surface area contributed by atoms with Crippen LogP contribution in [-0.2, 0) is 6.42 Å². The number of fused-ring (bicyclic) bond motifs is 1. The molecule has 0 unspecified atom stereocenters. The number of anilines is 1. The number of H-pyrrole nitrogens is 1. The molecule has 29 heavy (non-hydrogen) atoms. The van der Waals surface area contributed by atoms with E-state index in [2.05, 4.69) is 66.6 Å². The van der Waals surface area contributed by atoms with Gasteiger partial charge in [0.25, 0.3) is 0 Å². The Bertz CT molecular complexity index is 915. The van der Waals surface area contributed by atoms with Crippen LogP contribution in [0, 0.1) is 0 Å². The van der Waals surface area contributed by atoms with E-state index in [9.17, 15) is 0 Å². The fraction of sp³-hybridized carbons (Fsp3) is 0.364. The summed E-state index contributed by atoms with van der Waals surface area (Å²) in [5.41, 5.74) is 2.60. The maximum absolute atomic E-state index is 4.49. The summed E-state index contributed by atoms with van der Waals surface area (Å²) in [7, 11) is 1.87. The zero-order valence-electron chi connectivity index (χ0n) is 16.8. The first-order valence-corrected chi connectivity index (χ1v) is 10.0. The van der Waals surface area contributed by atoms with Crippen LogP contribution < -0.4 is 10.2 Å². The number of rotatable bonds is 5. The summed E-state index contributed by atoms with van der Waals surface area (Å²) in [5, 5.41) is 4.87. The number of aromatic amines is 1. The lowest BCUT2D eigenvalue weighted by atomic mass is 10.1. The van der Waals surface area contributed by atoms with Crippen LogP contribution in [-0.4, -0.2) is 60.6 Å². The number of hydrogen-bond donors (Lipinski definition) is 2. The molecule has 1 aliphatic heterocycles. The van der Waals surface area contributed by atoms with Crippen molar-refractivity contribution in [1.29, 1.82) is 0 Å². The van der Waals surface area contributed by atoms with Crippen LogP contribution in [0.2, 0.25) is 0 Å². The van der Waals surface area contributed by atoms with Gasteiger partial charge >= 0.3 is 0 Å². The molecule has 0 saturated carbocycles. The number of aryl methyl sites for hydroxylation is 1. The van der Waals surface area contributed by atoms with Crippen LogP contribution >= 0.6 is 24.0 Å². The minimum absolute atomic E-state index is 0. The molecule has 0 aliphatic carbocycles. The molecule has 0 amide bonds. The standard InChI is InChI=1S/C22H28N6.HI/c1-23-22(28-15-13-27(14-16-28)21-10-4-5-11-24-21)25-12-6-7-18-17-26-20-9-3-2-8-19(18)20;/h2-5,8-11,17,26H,6-7,12-16H2,1H3,(H,23,25);1H. The molecule has 6 nitrogen and oxygen atoms in total. The summed E-state index contributed by atoms with van der Waals surface area (Å²) in [6.07, 6.45) is 6.13. The molecule has 3 heterocycles. The first-order chi connectivity index (χ1) is 13.8. The van der Waals surface area contributed by atoms with Crippen molar-refractivity contribution in [3.63, 3.8) is 0 Å². The van der Waals surface area contributed by atoms with Crippen LogP contribution in [0.3, 0.4) is 0 Å². The molecule has 0 atom stereocenters. The molecule has 7 heteroatoms. The maximum atomic E-state index is 4.49. The second-order valence-corrected chi connectivity index (χ2v) is 7.10. The molecule has 1 aliphatic rings. The van der Waals surface area contributed by atoms with Gasteiger partial charge in [0.05, 0.1) is 0 Å². The van der Waals surface area contributed by atoms with Gasteiger partial charge in [0.1, 0.15) is 5.82 Å². The normalized spacial score (nSPS) is 14.7. The Morgan fingerprint density at radius 2 is 1.90 bits per heavy atom. The molecule has 2 aromatic heterocycles. The van der Waals surface area contributed by atoms with E-state index in [0.29, 0.717) is 0 Å². The van der Waals surface area contributed by atoms with Crippen molar-refractivity contribution in [3.05, 3.63) is 60.4 Å². The first-order valence-electron chi connectivity index (χ1n) is 10.0. The minimum atomic E-state index is 0. The Kier molecular flexibility index (Phi) is 7.74. The van der Waals surface area contributed by atoms with Crippen LogP contribution in [0.4, 0.5) is 5.82 Å². The van der Waals surface area contributed by atoms with Crippen LogP contribution in [0.15, 0.2) is 59.9 Å². The zero-order chi connectivity index (χ0) is 19.2. The van der Waals surface area contributed by atoms with E-state index in [4.69, 9.17) is 0 Å². The third kappa shape index (κ3) is 5.20. The predicted octanol–water partition coefficient (Wildman–Crippen LogP) is 3.51. The SMILES string of the molecule is CN=C(NCCCc1c[nH]c2ccccc12)N1CCN(c2ccccn2)CC1.I. The van der Waals surface area contributed by atoms with Crippen LogP contribution in [0.25, 0.3) is 10.9 Å². The van der Waals surface area contributed by atoms with E-state index in [1.807, 2.05) is 25.4 Å². The van der Waals surface area contributed by atoms with E-state index in [0.717, 1.165) is 57.3 Å². The lowest BCUT2D eigenvalue weighted by Gasteiger charge is -2.37. The van der Waals surface area contributed by atoms with Crippen molar-refractivity contribution in [1.82, 2.24) is 20.2 Å². The highest BCUT2D eigenvalue weighted by molar-refractivity contribution is 14.0. The summed E-state index contributed by atoms with van der Waals surface area (Å²) in [4.78, 5) is 17.0. The average molecular weight is 504 g/mol. The number of benzene rings is 1. The third-order valence-electron chi connectivity index (χ3n) is 5.35. The second-order valence-electron chi connectivity index (χ2n) is 7.10. The fourth-order valence-corrected chi connectivity index (χ4v) is 3.84. The summed E-state index contributed by atoms with van der Waals surface area (Å²) < 4.78 is 0. The summed E-state index contributed by atoms with van der Waals surface area (Å²) in [6, 6.07) is 14.6. The number of guanidine groups is 1. The highest BCUT2D eigenvalue weighted by Gasteiger charge is 2.20. The van der Waals surface area contributed by atoms with E-state index < -0.39 is 0 Å². The highest BCUT2D eigenvalue weighted by atomic mass is 127. The topological polar surface area (TPSA) is 59.6 Å². The van der Waals surface area contributed by atoms with Gasteiger partial charge in [-0.25, -0.2) is 4.98 Å². The molecule has 3 aromatic rings. The van der Waals surface area contributed by atoms with Crippen LogP contribution in [0.5, 0.6) is 0 Å². The van der Waals surface area contributed by atoms with E-state index in [1.165, 1.54) is 16.5 Å². The number of aromatic nitrogens is 2. The van der Waals surface area contributed by atoms with Crippen molar-refractivity contribution < 1.29 is 0 Å². The molecular formula is C22H29IN6. The van der Waals surface area contributed by atoms with Crippen molar-refractivity contribution in [3.8, 4) is 0 Å². The smallest absolute Gasteiger partial charge is 0.193 e. The Morgan fingerprint density at radius 1 is 1.10 bits per heavy atom. The molecular weight excluding hydrogens is 475 g/mol. The zero-order valence-corrected chi connectivity index (χ0v) is 19.2. The summed E-state index contributed by atoms with van der Waals surface area (Å²) >= 11 is 0. The number of aliphatic imine (C=N–C) groups is 1. The van der Waals surface area contributed by atoms with Gasteiger partial charge in [0.2, 0.25) is 0 Å². The summed E-state index contributed by atoms with van der Waals surface area (Å²) in [6.45, 7) is 4.77. The van der Waals surface area contributed by atoms with Crippen molar-refractivity contribution >= 4 is 46.7 Å². The van der Waals surface area contributed by atoms with Gasteiger partial charge in [-0.2, -0.15) is 0 Å². The van der Waals surface area contributed by atoms with Gasteiger partial charge in [-0.1, -0.05) is 24.3 Å². The van der Waals surface area contributed by atoms with Crippen molar-refractivity contribution in [2.75, 3.05) is 44.7 Å². The molecule has 1 aromatic carbocycles. The Morgan fingerprint density at radius 3 is 2.66 bits per heavy atom. The van der Waals surface area contributed by atoms with E-state index >= 15 is 0 Å². The molecule has 0 spiro atoms. The summed E-state index contributed by atoms with van der Waals surface area (Å²) in [5.74, 6) is 2.06. The number of halogens is 1. The minimum Gasteiger partial charge on any atom is -0.361 e. The highest BCUT2D eigenvalue weighted by Crippen LogP contribution is 2.18. The average Bonchev–Trinajstić information content (AvgIpc) is 3.18. The van der Waals surface area contributed by atoms with Gasteiger partial charge < -0.3 is 20.1 Å². The van der Waals surface area contributed by atoms with Crippen molar-refractivity contribution in [2.45, 2.75) is 12.8 Å². The Labute approximate surface area is 189 Å².